The smallest absolute Gasteiger partial charge is 0.350 e. The number of ether oxygens (including phenoxy) is 1. The van der Waals surface area contributed by atoms with Crippen LogP contribution in [0.2, 0.25) is 0 Å². The van der Waals surface area contributed by atoms with Gasteiger partial charge >= 0.3 is 5.97 Å². The highest BCUT2D eigenvalue weighted by Crippen LogP contribution is 2.29. The number of aromatic hydroxyl groups is 1. The fourth-order valence-corrected chi connectivity index (χ4v) is 3.37. The Kier molecular flexibility index (Phi) is 4.63. The van der Waals surface area contributed by atoms with E-state index in [1.807, 2.05) is 7.05 Å². The van der Waals surface area contributed by atoms with Gasteiger partial charge in [-0.3, -0.25) is 5.32 Å². The van der Waals surface area contributed by atoms with E-state index in [1.54, 1.807) is 13.8 Å². The number of nitrogens with one attached hydrogen (secondary N) is 1. The topological polar surface area (TPSA) is 100 Å². The number of aryl methyl sites for hydroxylation is 1. The third kappa shape index (κ3) is 3.31. The van der Waals surface area contributed by atoms with Crippen LogP contribution in [0.5, 0.6) is 5.88 Å². The molecule has 24 heavy (non-hydrogen) atoms. The van der Waals surface area contributed by atoms with Gasteiger partial charge in [0.1, 0.15) is 4.88 Å². The number of carbonyl (C=O) groups is 1. The van der Waals surface area contributed by atoms with Crippen LogP contribution in [-0.2, 0) is 17.7 Å². The molecular formula is C15H19N5O3S. The molecule has 2 N–H and O–H groups in total. The largest absolute Gasteiger partial charge is 0.493 e. The van der Waals surface area contributed by atoms with Crippen LogP contribution in [0, 0.1) is 6.92 Å². The molecule has 0 spiro atoms. The van der Waals surface area contributed by atoms with Crippen LogP contribution in [-0.4, -0.2) is 51.1 Å². The van der Waals surface area contributed by atoms with E-state index < -0.39 is 5.97 Å². The number of hydrogen-bond donors (Lipinski definition) is 2. The molecule has 0 aromatic carbocycles. The van der Waals surface area contributed by atoms with E-state index in [2.05, 4.69) is 25.2 Å². The third-order valence-corrected chi connectivity index (χ3v) is 4.76. The van der Waals surface area contributed by atoms with E-state index >= 15 is 0 Å². The highest BCUT2D eigenvalue weighted by atomic mass is 32.1. The van der Waals surface area contributed by atoms with Crippen molar-refractivity contribution >= 4 is 28.4 Å². The molecule has 0 radical (unpaired) electrons. The normalized spacial score (nSPS) is 14.3. The fraction of sp³-hybridized carbons (Fsp3) is 0.467. The van der Waals surface area contributed by atoms with Crippen molar-refractivity contribution in [3.8, 4) is 5.88 Å². The van der Waals surface area contributed by atoms with Crippen molar-refractivity contribution in [1.82, 2.24) is 19.9 Å². The van der Waals surface area contributed by atoms with Crippen LogP contribution in [0.15, 0.2) is 0 Å². The summed E-state index contributed by atoms with van der Waals surface area (Å²) < 4.78 is 5.00. The summed E-state index contributed by atoms with van der Waals surface area (Å²) in [5.74, 6) is -0.134. The molecule has 1 aliphatic heterocycles. The molecule has 0 amide bonds. The van der Waals surface area contributed by atoms with Crippen molar-refractivity contribution in [2.45, 2.75) is 26.8 Å². The molecule has 0 bridgehead atoms. The Balaban J connectivity index is 1.83. The molecule has 8 nitrogen and oxygen atoms in total. The van der Waals surface area contributed by atoms with Gasteiger partial charge in [0, 0.05) is 25.1 Å². The summed E-state index contributed by atoms with van der Waals surface area (Å²) in [7, 11) is 1.99. The molecule has 9 heteroatoms. The number of likely N-dealkylation sites (N-methyl/N-ethyl adjacent to an activating group) is 1. The predicted octanol–water partition coefficient (Wildman–Crippen LogP) is 1.86. The maximum atomic E-state index is 11.9. The Hall–Kier alpha value is -2.26. The van der Waals surface area contributed by atoms with E-state index in [4.69, 9.17) is 4.74 Å². The van der Waals surface area contributed by atoms with E-state index in [0.717, 1.165) is 24.2 Å². The van der Waals surface area contributed by atoms with Crippen molar-refractivity contribution in [3.05, 3.63) is 21.8 Å². The summed E-state index contributed by atoms with van der Waals surface area (Å²) in [4.78, 5) is 27.3. The van der Waals surface area contributed by atoms with E-state index in [9.17, 15) is 9.90 Å². The lowest BCUT2D eigenvalue weighted by Gasteiger charge is -2.24. The van der Waals surface area contributed by atoms with Crippen LogP contribution < -0.4 is 5.32 Å². The number of thiazole rings is 1. The van der Waals surface area contributed by atoms with Gasteiger partial charge in [-0.25, -0.2) is 14.8 Å². The van der Waals surface area contributed by atoms with E-state index in [0.29, 0.717) is 28.9 Å². The first kappa shape index (κ1) is 16.6. The number of esters is 1. The maximum Gasteiger partial charge on any atom is 0.350 e. The van der Waals surface area contributed by atoms with Crippen molar-refractivity contribution in [1.29, 1.82) is 0 Å². The third-order valence-electron chi connectivity index (χ3n) is 3.71. The first-order chi connectivity index (χ1) is 11.5. The van der Waals surface area contributed by atoms with Crippen LogP contribution >= 0.6 is 11.3 Å². The number of rotatable bonds is 4. The van der Waals surface area contributed by atoms with Gasteiger partial charge in [-0.05, 0) is 20.9 Å². The second-order valence-electron chi connectivity index (χ2n) is 5.56. The number of anilines is 2. The highest BCUT2D eigenvalue weighted by Gasteiger charge is 2.21. The van der Waals surface area contributed by atoms with Crippen LogP contribution in [0.3, 0.4) is 0 Å². The summed E-state index contributed by atoms with van der Waals surface area (Å²) >= 11 is 1.18. The first-order valence-corrected chi connectivity index (χ1v) is 8.48. The van der Waals surface area contributed by atoms with Gasteiger partial charge in [0.2, 0.25) is 11.8 Å². The van der Waals surface area contributed by atoms with Crippen LogP contribution in [0.4, 0.5) is 11.1 Å². The Morgan fingerprint density at radius 2 is 2.21 bits per heavy atom. The van der Waals surface area contributed by atoms with Crippen LogP contribution in [0.25, 0.3) is 0 Å². The first-order valence-electron chi connectivity index (χ1n) is 7.66. The van der Waals surface area contributed by atoms with Crippen LogP contribution in [0.1, 0.15) is 33.5 Å². The number of carbonyl (C=O) groups excluding carboxylic acids is 1. The lowest BCUT2D eigenvalue weighted by atomic mass is 10.1. The molecule has 0 saturated heterocycles. The second kappa shape index (κ2) is 6.70. The zero-order valence-electron chi connectivity index (χ0n) is 13.8. The summed E-state index contributed by atoms with van der Waals surface area (Å²) in [5, 5.41) is 13.6. The van der Waals surface area contributed by atoms with Crippen molar-refractivity contribution in [2.75, 3.05) is 25.5 Å². The molecular weight excluding hydrogens is 330 g/mol. The Labute approximate surface area is 143 Å². The summed E-state index contributed by atoms with van der Waals surface area (Å²) in [6, 6.07) is 0. The van der Waals surface area contributed by atoms with Crippen molar-refractivity contribution < 1.29 is 14.6 Å². The molecule has 3 heterocycles. The quantitative estimate of drug-likeness (QED) is 0.807. The minimum Gasteiger partial charge on any atom is -0.493 e. The number of nitrogens with zero attached hydrogens (tertiary/aromatic N) is 4. The monoisotopic (exact) mass is 349 g/mol. The molecule has 0 aliphatic carbocycles. The summed E-state index contributed by atoms with van der Waals surface area (Å²) in [6.45, 7) is 5.33. The van der Waals surface area contributed by atoms with Gasteiger partial charge in [0.05, 0.1) is 18.0 Å². The zero-order chi connectivity index (χ0) is 17.3. The van der Waals surface area contributed by atoms with Crippen molar-refractivity contribution in [3.63, 3.8) is 0 Å². The number of hydrogen-bond acceptors (Lipinski definition) is 9. The molecule has 2 aromatic rings. The molecule has 1 aliphatic rings. The maximum absolute atomic E-state index is 11.9. The molecule has 0 unspecified atom stereocenters. The molecule has 128 valence electrons. The molecule has 0 atom stereocenters. The lowest BCUT2D eigenvalue weighted by Crippen LogP contribution is -2.27. The van der Waals surface area contributed by atoms with Gasteiger partial charge in [0.15, 0.2) is 5.13 Å². The number of aromatic nitrogens is 3. The SMILES string of the molecule is CCOC(=O)c1sc(Nc2nc(O)c3c(n2)CCN(C)C3)nc1C. The Morgan fingerprint density at radius 3 is 2.96 bits per heavy atom. The lowest BCUT2D eigenvalue weighted by molar-refractivity contribution is 0.0531. The Morgan fingerprint density at radius 1 is 1.42 bits per heavy atom. The van der Waals surface area contributed by atoms with E-state index in [1.165, 1.54) is 11.3 Å². The zero-order valence-corrected chi connectivity index (χ0v) is 14.6. The summed E-state index contributed by atoms with van der Waals surface area (Å²) in [6.07, 6.45) is 0.752. The van der Waals surface area contributed by atoms with E-state index in [-0.39, 0.29) is 11.8 Å². The summed E-state index contributed by atoms with van der Waals surface area (Å²) in [5.41, 5.74) is 2.18. The van der Waals surface area contributed by atoms with Crippen molar-refractivity contribution in [2.24, 2.45) is 0 Å². The fourth-order valence-electron chi connectivity index (χ4n) is 2.52. The average molecular weight is 349 g/mol. The molecule has 0 fully saturated rings. The van der Waals surface area contributed by atoms with Gasteiger partial charge in [-0.1, -0.05) is 11.3 Å². The molecule has 2 aromatic heterocycles. The second-order valence-corrected chi connectivity index (χ2v) is 6.56. The minimum atomic E-state index is -0.391. The minimum absolute atomic E-state index is 0.0204. The Bertz CT molecular complexity index is 777. The average Bonchev–Trinajstić information content (AvgIpc) is 2.89. The predicted molar refractivity (Wildman–Crippen MR) is 89.8 cm³/mol. The van der Waals surface area contributed by atoms with Gasteiger partial charge in [-0.2, -0.15) is 4.98 Å². The van der Waals surface area contributed by atoms with Gasteiger partial charge in [0.25, 0.3) is 0 Å². The van der Waals surface area contributed by atoms with Gasteiger partial charge < -0.3 is 14.7 Å². The highest BCUT2D eigenvalue weighted by molar-refractivity contribution is 7.17. The van der Waals surface area contributed by atoms with Gasteiger partial charge in [-0.15, -0.1) is 0 Å². The standard InChI is InChI=1S/C15H19N5O3S/c1-4-23-13(22)11-8(2)16-15(24-11)19-14-17-10-5-6-20(3)7-9(10)12(21)18-14/h4-7H2,1-3H3,(H2,16,17,18,19,21). The number of fused-ring (bicyclic) bond motifs is 1. The molecule has 3 rings (SSSR count). The molecule has 0 saturated carbocycles.